The fourth-order valence-corrected chi connectivity index (χ4v) is 4.84. The predicted octanol–water partition coefficient (Wildman–Crippen LogP) is 2.16. The Hall–Kier alpha value is -1.68. The molecular formula is C19H27ClN2O6S. The van der Waals surface area contributed by atoms with E-state index in [1.807, 2.05) is 27.7 Å². The van der Waals surface area contributed by atoms with Crippen molar-refractivity contribution >= 4 is 33.5 Å². The van der Waals surface area contributed by atoms with Gasteiger partial charge in [-0.2, -0.15) is 4.31 Å². The Morgan fingerprint density at radius 3 is 2.31 bits per heavy atom. The molecule has 1 aromatic carbocycles. The van der Waals surface area contributed by atoms with Crippen LogP contribution in [-0.4, -0.2) is 74.5 Å². The molecule has 0 saturated carbocycles. The maximum absolute atomic E-state index is 12.8. The summed E-state index contributed by atoms with van der Waals surface area (Å²) >= 11 is 6.08. The van der Waals surface area contributed by atoms with Crippen LogP contribution in [0.1, 0.15) is 38.1 Å². The van der Waals surface area contributed by atoms with Crippen molar-refractivity contribution in [2.75, 3.05) is 32.9 Å². The molecule has 0 N–H and O–H groups in total. The van der Waals surface area contributed by atoms with Crippen molar-refractivity contribution in [1.82, 2.24) is 9.21 Å². The summed E-state index contributed by atoms with van der Waals surface area (Å²) in [7, 11) is -3.79. The van der Waals surface area contributed by atoms with Crippen LogP contribution in [0.2, 0.25) is 5.02 Å². The van der Waals surface area contributed by atoms with Crippen LogP contribution in [0.25, 0.3) is 0 Å². The number of hydrogen-bond acceptors (Lipinski definition) is 6. The Bertz CT molecular complexity index is 842. The Labute approximate surface area is 176 Å². The summed E-state index contributed by atoms with van der Waals surface area (Å²) in [6.07, 6.45) is 0. The number of rotatable bonds is 7. The first-order chi connectivity index (χ1) is 13.6. The highest BCUT2D eigenvalue weighted by atomic mass is 35.5. The van der Waals surface area contributed by atoms with Gasteiger partial charge in [-0.3, -0.25) is 4.79 Å². The summed E-state index contributed by atoms with van der Waals surface area (Å²) in [5.41, 5.74) is -0.102. The summed E-state index contributed by atoms with van der Waals surface area (Å²) in [5.74, 6) is -1.19. The molecule has 29 heavy (non-hydrogen) atoms. The van der Waals surface area contributed by atoms with Crippen molar-refractivity contribution < 1.29 is 27.5 Å². The zero-order valence-electron chi connectivity index (χ0n) is 17.1. The highest BCUT2D eigenvalue weighted by Gasteiger charge is 2.28. The zero-order valence-corrected chi connectivity index (χ0v) is 18.6. The van der Waals surface area contributed by atoms with E-state index in [1.165, 1.54) is 22.5 Å². The molecule has 0 radical (unpaired) electrons. The molecule has 1 aliphatic rings. The molecule has 0 aliphatic carbocycles. The average molecular weight is 447 g/mol. The minimum absolute atomic E-state index is 0.0490. The van der Waals surface area contributed by atoms with Crippen molar-refractivity contribution in [3.63, 3.8) is 0 Å². The van der Waals surface area contributed by atoms with Crippen LogP contribution in [0.3, 0.4) is 0 Å². The molecular weight excluding hydrogens is 420 g/mol. The van der Waals surface area contributed by atoms with Crippen molar-refractivity contribution in [1.29, 1.82) is 0 Å². The van der Waals surface area contributed by atoms with E-state index in [0.29, 0.717) is 13.2 Å². The minimum Gasteiger partial charge on any atom is -0.452 e. The number of nitrogens with zero attached hydrogens (tertiary/aromatic N) is 2. The Morgan fingerprint density at radius 1 is 1.17 bits per heavy atom. The lowest BCUT2D eigenvalue weighted by Crippen LogP contribution is -2.44. The van der Waals surface area contributed by atoms with Gasteiger partial charge >= 0.3 is 5.97 Å². The Balaban J connectivity index is 2.17. The van der Waals surface area contributed by atoms with E-state index in [0.717, 1.165) is 0 Å². The quantitative estimate of drug-likeness (QED) is 0.596. The van der Waals surface area contributed by atoms with Gasteiger partial charge in [-0.05, 0) is 45.9 Å². The molecule has 1 heterocycles. The lowest BCUT2D eigenvalue weighted by molar-refractivity contribution is -0.138. The maximum atomic E-state index is 12.8. The number of sulfonamides is 1. The number of hydrogen-bond donors (Lipinski definition) is 0. The third-order valence-corrected chi connectivity index (χ3v) is 6.72. The number of ether oxygens (including phenoxy) is 2. The number of carbonyl (C=O) groups is 2. The molecule has 0 atom stereocenters. The standard InChI is InChI=1S/C19H27ClN2O6S/c1-13(2)22(14(3)4)18(23)12-28-19(24)16-11-15(5-6-17(16)20)29(25,26)21-7-9-27-10-8-21/h5-6,11,13-14H,7-10,12H2,1-4H3. The lowest BCUT2D eigenvalue weighted by atomic mass is 10.2. The van der Waals surface area contributed by atoms with Crippen LogP contribution in [0.5, 0.6) is 0 Å². The normalized spacial score (nSPS) is 15.6. The second kappa shape index (κ2) is 9.88. The van der Waals surface area contributed by atoms with Crippen molar-refractivity contribution in [3.05, 3.63) is 28.8 Å². The summed E-state index contributed by atoms with van der Waals surface area (Å²) in [6.45, 7) is 8.13. The molecule has 0 spiro atoms. The number of halogens is 1. The van der Waals surface area contributed by atoms with Gasteiger partial charge in [0.05, 0.1) is 28.7 Å². The number of benzene rings is 1. The van der Waals surface area contributed by atoms with E-state index >= 15 is 0 Å². The summed E-state index contributed by atoms with van der Waals surface area (Å²) < 4.78 is 37.2. The summed E-state index contributed by atoms with van der Waals surface area (Å²) in [5, 5.41) is 0.0490. The Morgan fingerprint density at radius 2 is 1.76 bits per heavy atom. The van der Waals surface area contributed by atoms with Gasteiger partial charge in [-0.15, -0.1) is 0 Å². The smallest absolute Gasteiger partial charge is 0.340 e. The van der Waals surface area contributed by atoms with E-state index in [4.69, 9.17) is 21.1 Å². The van der Waals surface area contributed by atoms with Crippen molar-refractivity contribution in [2.45, 2.75) is 44.7 Å². The van der Waals surface area contributed by atoms with E-state index in [1.54, 1.807) is 4.90 Å². The van der Waals surface area contributed by atoms with Crippen LogP contribution in [-0.2, 0) is 24.3 Å². The SMILES string of the molecule is CC(C)N(C(=O)COC(=O)c1cc(S(=O)(=O)N2CCOCC2)ccc1Cl)C(C)C. The molecule has 1 fully saturated rings. The molecule has 1 aromatic rings. The zero-order chi connectivity index (χ0) is 21.8. The van der Waals surface area contributed by atoms with Gasteiger partial charge in [0.2, 0.25) is 10.0 Å². The molecule has 1 aliphatic heterocycles. The average Bonchev–Trinajstić information content (AvgIpc) is 2.66. The summed E-state index contributed by atoms with van der Waals surface area (Å²) in [4.78, 5) is 26.4. The van der Waals surface area contributed by atoms with Gasteiger partial charge in [0.1, 0.15) is 0 Å². The van der Waals surface area contributed by atoms with Crippen LogP contribution in [0.15, 0.2) is 23.1 Å². The first-order valence-electron chi connectivity index (χ1n) is 9.41. The Kier molecular flexibility index (Phi) is 8.04. The van der Waals surface area contributed by atoms with Crippen LogP contribution >= 0.6 is 11.6 Å². The second-order valence-electron chi connectivity index (χ2n) is 7.22. The monoisotopic (exact) mass is 446 g/mol. The number of morpholine rings is 1. The molecule has 8 nitrogen and oxygen atoms in total. The van der Waals surface area contributed by atoms with Crippen molar-refractivity contribution in [3.8, 4) is 0 Å². The minimum atomic E-state index is -3.79. The first kappa shape index (κ1) is 23.6. The largest absolute Gasteiger partial charge is 0.452 e. The van der Waals surface area contributed by atoms with Crippen LogP contribution in [0, 0.1) is 0 Å². The molecule has 0 aromatic heterocycles. The molecule has 0 bridgehead atoms. The molecule has 0 unspecified atom stereocenters. The predicted molar refractivity (Wildman–Crippen MR) is 108 cm³/mol. The van der Waals surface area contributed by atoms with Gasteiger partial charge in [-0.25, -0.2) is 13.2 Å². The number of carbonyl (C=O) groups excluding carboxylic acids is 2. The van der Waals surface area contributed by atoms with Crippen LogP contribution < -0.4 is 0 Å². The fourth-order valence-electron chi connectivity index (χ4n) is 3.21. The molecule has 162 valence electrons. The number of esters is 1. The van der Waals surface area contributed by atoms with Gasteiger partial charge < -0.3 is 14.4 Å². The van der Waals surface area contributed by atoms with Gasteiger partial charge in [-0.1, -0.05) is 11.6 Å². The van der Waals surface area contributed by atoms with Gasteiger partial charge in [0.25, 0.3) is 5.91 Å². The molecule has 10 heteroatoms. The van der Waals surface area contributed by atoms with Gasteiger partial charge in [0, 0.05) is 25.2 Å². The van der Waals surface area contributed by atoms with E-state index < -0.39 is 22.6 Å². The highest BCUT2D eigenvalue weighted by molar-refractivity contribution is 7.89. The second-order valence-corrected chi connectivity index (χ2v) is 9.57. The fraction of sp³-hybridized carbons (Fsp3) is 0.579. The van der Waals surface area contributed by atoms with E-state index in [-0.39, 0.29) is 46.6 Å². The lowest BCUT2D eigenvalue weighted by Gasteiger charge is -2.30. The van der Waals surface area contributed by atoms with E-state index in [9.17, 15) is 18.0 Å². The van der Waals surface area contributed by atoms with E-state index in [2.05, 4.69) is 0 Å². The third-order valence-electron chi connectivity index (χ3n) is 4.49. The molecule has 1 amide bonds. The topological polar surface area (TPSA) is 93.2 Å². The molecule has 2 rings (SSSR count). The third kappa shape index (κ3) is 5.69. The first-order valence-corrected chi connectivity index (χ1v) is 11.2. The molecule has 1 saturated heterocycles. The highest BCUT2D eigenvalue weighted by Crippen LogP contribution is 2.24. The number of amides is 1. The van der Waals surface area contributed by atoms with Crippen LogP contribution in [0.4, 0.5) is 0 Å². The summed E-state index contributed by atoms with van der Waals surface area (Å²) in [6, 6.07) is 3.76. The van der Waals surface area contributed by atoms with Gasteiger partial charge in [0.15, 0.2) is 6.61 Å². The maximum Gasteiger partial charge on any atom is 0.340 e. The van der Waals surface area contributed by atoms with Crippen molar-refractivity contribution in [2.24, 2.45) is 0 Å².